The van der Waals surface area contributed by atoms with Gasteiger partial charge in [0.2, 0.25) is 10.0 Å². The summed E-state index contributed by atoms with van der Waals surface area (Å²) in [6, 6.07) is 4.69. The van der Waals surface area contributed by atoms with Crippen molar-refractivity contribution in [3.63, 3.8) is 0 Å². The molecule has 0 unspecified atom stereocenters. The summed E-state index contributed by atoms with van der Waals surface area (Å²) in [6.07, 6.45) is 1.02. The van der Waals surface area contributed by atoms with Crippen molar-refractivity contribution in [1.82, 2.24) is 4.31 Å². The maximum absolute atomic E-state index is 12.7. The minimum absolute atomic E-state index is 0.0177. The van der Waals surface area contributed by atoms with Crippen molar-refractivity contribution in [2.45, 2.75) is 23.5 Å². The van der Waals surface area contributed by atoms with Crippen LogP contribution in [-0.2, 0) is 19.5 Å². The van der Waals surface area contributed by atoms with Crippen molar-refractivity contribution in [2.75, 3.05) is 32.0 Å². The summed E-state index contributed by atoms with van der Waals surface area (Å²) in [5.74, 6) is -0.613. The summed E-state index contributed by atoms with van der Waals surface area (Å²) >= 11 is 6.02. The van der Waals surface area contributed by atoms with Gasteiger partial charge in [-0.05, 0) is 12.1 Å². The van der Waals surface area contributed by atoms with E-state index in [1.165, 1.54) is 16.4 Å². The largest absolute Gasteiger partial charge is 0.398 e. The van der Waals surface area contributed by atoms with Crippen LogP contribution >= 0.6 is 11.6 Å². The van der Waals surface area contributed by atoms with E-state index in [0.717, 1.165) is 0 Å². The minimum atomic E-state index is -3.70. The average Bonchev–Trinajstić information content (AvgIpc) is 2.87. The summed E-state index contributed by atoms with van der Waals surface area (Å²) in [7, 11) is -3.70. The van der Waals surface area contributed by atoms with E-state index in [-0.39, 0.29) is 15.6 Å². The number of piperidine rings is 1. The third-order valence-electron chi connectivity index (χ3n) is 3.89. The Bertz CT molecular complexity index is 613. The molecule has 0 radical (unpaired) electrons. The van der Waals surface area contributed by atoms with E-state index in [0.29, 0.717) is 39.1 Å². The van der Waals surface area contributed by atoms with Crippen molar-refractivity contribution in [3.05, 3.63) is 23.2 Å². The zero-order valence-corrected chi connectivity index (χ0v) is 13.0. The lowest BCUT2D eigenvalue weighted by Gasteiger charge is -2.37. The molecule has 3 rings (SSSR count). The molecule has 21 heavy (non-hydrogen) atoms. The molecule has 2 N–H and O–H groups in total. The third-order valence-corrected chi connectivity index (χ3v) is 6.34. The van der Waals surface area contributed by atoms with Crippen LogP contribution in [0, 0.1) is 0 Å². The first-order valence-electron chi connectivity index (χ1n) is 6.77. The second-order valence-corrected chi connectivity index (χ2v) is 7.45. The first kappa shape index (κ1) is 15.1. The molecule has 1 spiro atoms. The highest BCUT2D eigenvalue weighted by Gasteiger charge is 2.43. The highest BCUT2D eigenvalue weighted by molar-refractivity contribution is 7.89. The van der Waals surface area contributed by atoms with Crippen LogP contribution in [0.2, 0.25) is 5.02 Å². The van der Waals surface area contributed by atoms with Gasteiger partial charge in [0.1, 0.15) is 4.90 Å². The molecule has 2 saturated heterocycles. The molecule has 1 aromatic rings. The van der Waals surface area contributed by atoms with Gasteiger partial charge in [0, 0.05) is 25.9 Å². The molecule has 0 bridgehead atoms. The van der Waals surface area contributed by atoms with Gasteiger partial charge in [0.25, 0.3) is 0 Å². The Morgan fingerprint density at radius 2 is 1.81 bits per heavy atom. The Morgan fingerprint density at radius 1 is 1.19 bits per heavy atom. The molecule has 0 atom stereocenters. The van der Waals surface area contributed by atoms with E-state index in [2.05, 4.69) is 0 Å². The van der Waals surface area contributed by atoms with Crippen molar-refractivity contribution < 1.29 is 17.9 Å². The predicted molar refractivity (Wildman–Crippen MR) is 78.5 cm³/mol. The van der Waals surface area contributed by atoms with Crippen molar-refractivity contribution >= 4 is 27.3 Å². The minimum Gasteiger partial charge on any atom is -0.398 e. The van der Waals surface area contributed by atoms with Gasteiger partial charge in [-0.3, -0.25) is 0 Å². The maximum atomic E-state index is 12.7. The molecule has 116 valence electrons. The Hall–Kier alpha value is -0.860. The lowest BCUT2D eigenvalue weighted by Crippen LogP contribution is -2.47. The van der Waals surface area contributed by atoms with Gasteiger partial charge >= 0.3 is 0 Å². The normalized spacial score (nSPS) is 22.7. The van der Waals surface area contributed by atoms with Crippen LogP contribution in [0.3, 0.4) is 0 Å². The molecule has 8 heteroatoms. The van der Waals surface area contributed by atoms with Gasteiger partial charge < -0.3 is 15.2 Å². The number of rotatable bonds is 2. The molecular formula is C13H17ClN2O4S. The summed E-state index contributed by atoms with van der Waals surface area (Å²) in [4.78, 5) is -0.0177. The topological polar surface area (TPSA) is 81.9 Å². The predicted octanol–water partition coefficient (Wildman–Crippen LogP) is 1.45. The quantitative estimate of drug-likeness (QED) is 0.829. The highest BCUT2D eigenvalue weighted by Crippen LogP contribution is 2.36. The molecule has 2 aliphatic rings. The number of nitrogens with two attached hydrogens (primary N) is 1. The summed E-state index contributed by atoms with van der Waals surface area (Å²) in [5, 5.41) is 0.142. The number of sulfonamides is 1. The number of nitrogens with zero attached hydrogens (tertiary/aromatic N) is 1. The van der Waals surface area contributed by atoms with E-state index in [1.54, 1.807) is 6.07 Å². The molecule has 2 fully saturated rings. The van der Waals surface area contributed by atoms with E-state index in [9.17, 15) is 8.42 Å². The van der Waals surface area contributed by atoms with Gasteiger partial charge in [-0.1, -0.05) is 17.7 Å². The smallest absolute Gasteiger partial charge is 0.246 e. The second kappa shape index (κ2) is 5.40. The van der Waals surface area contributed by atoms with Crippen LogP contribution in [-0.4, -0.2) is 44.8 Å². The van der Waals surface area contributed by atoms with Gasteiger partial charge in [0.15, 0.2) is 5.79 Å². The van der Waals surface area contributed by atoms with Crippen molar-refractivity contribution in [1.29, 1.82) is 0 Å². The fourth-order valence-electron chi connectivity index (χ4n) is 2.78. The number of ether oxygens (including phenoxy) is 2. The number of hydrogen-bond acceptors (Lipinski definition) is 5. The fourth-order valence-corrected chi connectivity index (χ4v) is 4.86. The van der Waals surface area contributed by atoms with E-state index in [4.69, 9.17) is 26.8 Å². The Morgan fingerprint density at radius 3 is 2.38 bits per heavy atom. The van der Waals surface area contributed by atoms with Crippen molar-refractivity contribution in [3.8, 4) is 0 Å². The first-order valence-corrected chi connectivity index (χ1v) is 8.58. The molecule has 0 aromatic heterocycles. The molecule has 0 saturated carbocycles. The van der Waals surface area contributed by atoms with E-state index >= 15 is 0 Å². The lowest BCUT2D eigenvalue weighted by atomic mass is 10.1. The van der Waals surface area contributed by atoms with Gasteiger partial charge in [-0.2, -0.15) is 4.31 Å². The van der Waals surface area contributed by atoms with Gasteiger partial charge in [-0.25, -0.2) is 8.42 Å². The summed E-state index contributed by atoms with van der Waals surface area (Å²) < 4.78 is 38.0. The fraction of sp³-hybridized carbons (Fsp3) is 0.538. The zero-order valence-electron chi connectivity index (χ0n) is 11.4. The molecule has 0 amide bonds. The Balaban J connectivity index is 1.84. The van der Waals surface area contributed by atoms with Crippen molar-refractivity contribution in [2.24, 2.45) is 0 Å². The van der Waals surface area contributed by atoms with Crippen LogP contribution in [0.5, 0.6) is 0 Å². The second-order valence-electron chi connectivity index (χ2n) is 5.17. The van der Waals surface area contributed by atoms with E-state index in [1.807, 2.05) is 0 Å². The summed E-state index contributed by atoms with van der Waals surface area (Å²) in [5.41, 5.74) is 5.95. The number of anilines is 1. The van der Waals surface area contributed by atoms with Crippen LogP contribution in [0.15, 0.2) is 23.1 Å². The standard InChI is InChI=1S/C13H17ClN2O4S/c14-10-2-1-3-11(15)12(10)21(17,18)16-6-4-13(5-7-16)19-8-9-20-13/h1-3H,4-9,15H2. The number of hydrogen-bond donors (Lipinski definition) is 1. The number of halogens is 1. The van der Waals surface area contributed by atoms with Crippen LogP contribution in [0.25, 0.3) is 0 Å². The molecular weight excluding hydrogens is 316 g/mol. The Labute approximate surface area is 128 Å². The molecule has 6 nitrogen and oxygen atoms in total. The van der Waals surface area contributed by atoms with Crippen LogP contribution in [0.1, 0.15) is 12.8 Å². The Kier molecular flexibility index (Phi) is 3.87. The van der Waals surface area contributed by atoms with Crippen LogP contribution in [0.4, 0.5) is 5.69 Å². The monoisotopic (exact) mass is 332 g/mol. The van der Waals surface area contributed by atoms with Crippen LogP contribution < -0.4 is 5.73 Å². The van der Waals surface area contributed by atoms with Gasteiger partial charge in [-0.15, -0.1) is 0 Å². The SMILES string of the molecule is Nc1cccc(Cl)c1S(=O)(=O)N1CCC2(CC1)OCCO2. The maximum Gasteiger partial charge on any atom is 0.246 e. The molecule has 1 aromatic carbocycles. The molecule has 2 aliphatic heterocycles. The average molecular weight is 333 g/mol. The summed E-state index contributed by atoms with van der Waals surface area (Å²) in [6.45, 7) is 1.77. The lowest BCUT2D eigenvalue weighted by molar-refractivity contribution is -0.179. The first-order chi connectivity index (χ1) is 9.95. The third kappa shape index (κ3) is 2.64. The molecule has 0 aliphatic carbocycles. The zero-order chi connectivity index (χ0) is 15.1. The van der Waals surface area contributed by atoms with Gasteiger partial charge in [0.05, 0.1) is 23.9 Å². The molecule has 2 heterocycles. The number of nitrogen functional groups attached to an aromatic ring is 1. The number of benzene rings is 1. The highest BCUT2D eigenvalue weighted by atomic mass is 35.5. The van der Waals surface area contributed by atoms with E-state index < -0.39 is 15.8 Å².